The predicted molar refractivity (Wildman–Crippen MR) is 60.9 cm³/mol. The summed E-state index contributed by atoms with van der Waals surface area (Å²) in [6.07, 6.45) is 2.56. The van der Waals surface area contributed by atoms with Crippen LogP contribution < -0.4 is 5.32 Å². The Kier molecular flexibility index (Phi) is 6.92. The van der Waals surface area contributed by atoms with Crippen LogP contribution in [-0.2, 0) is 9.47 Å². The molecule has 90 valence electrons. The van der Waals surface area contributed by atoms with Gasteiger partial charge in [0, 0.05) is 33.9 Å². The van der Waals surface area contributed by atoms with Gasteiger partial charge in [-0.15, -0.1) is 0 Å². The minimum atomic E-state index is 0.782. The Labute approximate surface area is 92.9 Å². The summed E-state index contributed by atoms with van der Waals surface area (Å²) in [7, 11) is 3.50. The summed E-state index contributed by atoms with van der Waals surface area (Å²) in [5.41, 5.74) is 0. The maximum absolute atomic E-state index is 5.12. The van der Waals surface area contributed by atoms with E-state index in [4.69, 9.17) is 9.47 Å². The molecule has 1 saturated heterocycles. The minimum Gasteiger partial charge on any atom is -0.383 e. The van der Waals surface area contributed by atoms with E-state index >= 15 is 0 Å². The Morgan fingerprint density at radius 3 is 2.53 bits per heavy atom. The highest BCUT2D eigenvalue weighted by Gasteiger charge is 2.18. The maximum atomic E-state index is 5.12. The number of hydrogen-bond donors (Lipinski definition) is 1. The van der Waals surface area contributed by atoms with E-state index in [1.807, 2.05) is 0 Å². The molecule has 0 aromatic carbocycles. The van der Waals surface area contributed by atoms with Gasteiger partial charge in [-0.25, -0.2) is 0 Å². The zero-order valence-electron chi connectivity index (χ0n) is 10.00. The maximum Gasteiger partial charge on any atom is 0.0986 e. The lowest BCUT2D eigenvalue weighted by Crippen LogP contribution is -2.38. The van der Waals surface area contributed by atoms with Crippen LogP contribution in [0, 0.1) is 5.92 Å². The predicted octanol–water partition coefficient (Wildman–Crippen LogP) is 0.538. The van der Waals surface area contributed by atoms with Gasteiger partial charge in [0.05, 0.1) is 13.3 Å². The van der Waals surface area contributed by atoms with Gasteiger partial charge in [-0.3, -0.25) is 4.90 Å². The summed E-state index contributed by atoms with van der Waals surface area (Å²) >= 11 is 0. The van der Waals surface area contributed by atoms with Gasteiger partial charge < -0.3 is 14.8 Å². The van der Waals surface area contributed by atoms with Crippen LogP contribution in [0.3, 0.4) is 0 Å². The highest BCUT2D eigenvalue weighted by molar-refractivity contribution is 4.72. The third-order valence-corrected chi connectivity index (χ3v) is 2.93. The SMILES string of the molecule is COCCNCC1CCN(COC)CC1. The van der Waals surface area contributed by atoms with Crippen molar-refractivity contribution >= 4 is 0 Å². The molecule has 0 spiro atoms. The van der Waals surface area contributed by atoms with Crippen LogP contribution in [0.2, 0.25) is 0 Å². The van der Waals surface area contributed by atoms with E-state index in [0.717, 1.165) is 32.3 Å². The van der Waals surface area contributed by atoms with Crippen molar-refractivity contribution in [3.05, 3.63) is 0 Å². The summed E-state index contributed by atoms with van der Waals surface area (Å²) in [5.74, 6) is 0.829. The Morgan fingerprint density at radius 1 is 1.20 bits per heavy atom. The average molecular weight is 216 g/mol. The standard InChI is InChI=1S/C11H24N2O2/c1-14-8-5-12-9-11-3-6-13(7-4-11)10-15-2/h11-12H,3-10H2,1-2H3. The molecule has 0 aromatic heterocycles. The fourth-order valence-electron chi connectivity index (χ4n) is 1.98. The number of methoxy groups -OCH3 is 2. The molecule has 4 heteroatoms. The quantitative estimate of drug-likeness (QED) is 0.630. The van der Waals surface area contributed by atoms with Crippen LogP contribution in [-0.4, -0.2) is 58.6 Å². The van der Waals surface area contributed by atoms with E-state index in [-0.39, 0.29) is 0 Å². The second-order valence-electron chi connectivity index (χ2n) is 4.18. The summed E-state index contributed by atoms with van der Waals surface area (Å²) in [4.78, 5) is 2.37. The van der Waals surface area contributed by atoms with Crippen LogP contribution in [0.25, 0.3) is 0 Å². The van der Waals surface area contributed by atoms with Gasteiger partial charge in [0.2, 0.25) is 0 Å². The Hall–Kier alpha value is -0.160. The van der Waals surface area contributed by atoms with E-state index in [1.165, 1.54) is 25.9 Å². The van der Waals surface area contributed by atoms with Crippen LogP contribution >= 0.6 is 0 Å². The molecule has 0 aliphatic carbocycles. The van der Waals surface area contributed by atoms with Crippen molar-refractivity contribution in [3.8, 4) is 0 Å². The van der Waals surface area contributed by atoms with Crippen LogP contribution in [0.4, 0.5) is 0 Å². The van der Waals surface area contributed by atoms with E-state index in [9.17, 15) is 0 Å². The van der Waals surface area contributed by atoms with Gasteiger partial charge >= 0.3 is 0 Å². The first-order valence-corrected chi connectivity index (χ1v) is 5.77. The molecule has 0 unspecified atom stereocenters. The second-order valence-corrected chi connectivity index (χ2v) is 4.18. The van der Waals surface area contributed by atoms with Crippen molar-refractivity contribution in [3.63, 3.8) is 0 Å². The van der Waals surface area contributed by atoms with E-state index in [2.05, 4.69) is 10.2 Å². The smallest absolute Gasteiger partial charge is 0.0986 e. The first-order chi connectivity index (χ1) is 7.36. The Balaban J connectivity index is 1.99. The molecular weight excluding hydrogens is 192 g/mol. The van der Waals surface area contributed by atoms with Crippen molar-refractivity contribution in [1.82, 2.24) is 10.2 Å². The first kappa shape index (κ1) is 12.9. The number of nitrogens with one attached hydrogen (secondary N) is 1. The van der Waals surface area contributed by atoms with Gasteiger partial charge in [-0.1, -0.05) is 0 Å². The number of piperidine rings is 1. The molecule has 0 radical (unpaired) electrons. The van der Waals surface area contributed by atoms with E-state index < -0.39 is 0 Å². The minimum absolute atomic E-state index is 0.782. The van der Waals surface area contributed by atoms with Crippen molar-refractivity contribution < 1.29 is 9.47 Å². The van der Waals surface area contributed by atoms with Gasteiger partial charge in [0.1, 0.15) is 0 Å². The largest absolute Gasteiger partial charge is 0.383 e. The molecule has 1 aliphatic rings. The van der Waals surface area contributed by atoms with Crippen LogP contribution in [0.15, 0.2) is 0 Å². The van der Waals surface area contributed by atoms with Crippen molar-refractivity contribution in [1.29, 1.82) is 0 Å². The summed E-state index contributed by atoms with van der Waals surface area (Å²) in [6.45, 7) is 6.03. The number of hydrogen-bond acceptors (Lipinski definition) is 4. The molecule has 1 fully saturated rings. The van der Waals surface area contributed by atoms with Gasteiger partial charge in [-0.05, 0) is 25.3 Å². The highest BCUT2D eigenvalue weighted by atomic mass is 16.5. The molecule has 0 bridgehead atoms. The monoisotopic (exact) mass is 216 g/mol. The fourth-order valence-corrected chi connectivity index (χ4v) is 1.98. The second kappa shape index (κ2) is 8.05. The molecule has 1 aliphatic heterocycles. The summed E-state index contributed by atoms with van der Waals surface area (Å²) in [6, 6.07) is 0. The van der Waals surface area contributed by atoms with E-state index in [1.54, 1.807) is 14.2 Å². The molecule has 1 heterocycles. The zero-order chi connectivity index (χ0) is 10.9. The number of nitrogens with zero attached hydrogens (tertiary/aromatic N) is 1. The number of rotatable bonds is 7. The lowest BCUT2D eigenvalue weighted by Gasteiger charge is -2.31. The van der Waals surface area contributed by atoms with Crippen molar-refractivity contribution in [2.24, 2.45) is 5.92 Å². The van der Waals surface area contributed by atoms with Gasteiger partial charge in [0.25, 0.3) is 0 Å². The Bertz CT molecular complexity index is 145. The number of ether oxygens (including phenoxy) is 2. The molecule has 4 nitrogen and oxygen atoms in total. The molecule has 0 atom stereocenters. The summed E-state index contributed by atoms with van der Waals surface area (Å²) < 4.78 is 10.1. The Morgan fingerprint density at radius 2 is 1.93 bits per heavy atom. The molecule has 0 aromatic rings. The molecule has 0 saturated carbocycles. The van der Waals surface area contributed by atoms with Gasteiger partial charge in [0.15, 0.2) is 0 Å². The molecule has 0 amide bonds. The average Bonchev–Trinajstić information content (AvgIpc) is 2.27. The number of likely N-dealkylation sites (tertiary alicyclic amines) is 1. The third kappa shape index (κ3) is 5.47. The lowest BCUT2D eigenvalue weighted by molar-refractivity contribution is 0.0393. The molecule has 1 rings (SSSR count). The first-order valence-electron chi connectivity index (χ1n) is 5.77. The van der Waals surface area contributed by atoms with Gasteiger partial charge in [-0.2, -0.15) is 0 Å². The lowest BCUT2D eigenvalue weighted by atomic mass is 9.97. The van der Waals surface area contributed by atoms with Crippen LogP contribution in [0.5, 0.6) is 0 Å². The van der Waals surface area contributed by atoms with Crippen molar-refractivity contribution in [2.75, 3.05) is 53.7 Å². The normalized spacial score (nSPS) is 19.6. The fraction of sp³-hybridized carbons (Fsp3) is 1.00. The van der Waals surface area contributed by atoms with E-state index in [0.29, 0.717) is 0 Å². The highest BCUT2D eigenvalue weighted by Crippen LogP contribution is 2.15. The van der Waals surface area contributed by atoms with Crippen molar-refractivity contribution in [2.45, 2.75) is 12.8 Å². The molecule has 15 heavy (non-hydrogen) atoms. The molecule has 1 N–H and O–H groups in total. The zero-order valence-corrected chi connectivity index (χ0v) is 10.00. The third-order valence-electron chi connectivity index (χ3n) is 2.93. The van der Waals surface area contributed by atoms with Crippen LogP contribution in [0.1, 0.15) is 12.8 Å². The summed E-state index contributed by atoms with van der Waals surface area (Å²) in [5, 5.41) is 3.43. The topological polar surface area (TPSA) is 33.7 Å². The molecular formula is C11H24N2O2.